The summed E-state index contributed by atoms with van der Waals surface area (Å²) in [5.41, 5.74) is 2.23. The van der Waals surface area contributed by atoms with Gasteiger partial charge in [-0.3, -0.25) is 9.59 Å². The number of hydrogen-bond acceptors (Lipinski definition) is 7. The number of nitrogens with one attached hydrogen (secondary N) is 3. The summed E-state index contributed by atoms with van der Waals surface area (Å²) in [5, 5.41) is 36.7. The fourth-order valence-electron chi connectivity index (χ4n) is 6.46. The van der Waals surface area contributed by atoms with Crippen molar-refractivity contribution in [1.82, 2.24) is 20.5 Å². The quantitative estimate of drug-likeness (QED) is 0.104. The largest absolute Gasteiger partial charge is 0.506 e. The monoisotopic (exact) mass is 656 g/mol. The van der Waals surface area contributed by atoms with Crippen LogP contribution in [0.15, 0.2) is 83.7 Å². The number of carbonyl (C=O) groups excluding carboxylic acids is 1. The first-order chi connectivity index (χ1) is 23.2. The molecule has 0 saturated heterocycles. The van der Waals surface area contributed by atoms with Crippen LogP contribution < -0.4 is 20.9 Å². The van der Waals surface area contributed by atoms with Crippen LogP contribution in [0.4, 0.5) is 4.79 Å². The second kappa shape index (κ2) is 16.3. The topological polar surface area (TPSA) is 164 Å². The number of ether oxygens (including phenoxy) is 1. The number of hydrogen-bond donors (Lipinski definition) is 6. The molecule has 4 aromatic rings. The number of carbonyl (C=O) groups is 2. The third kappa shape index (κ3) is 8.93. The highest BCUT2D eigenvalue weighted by Gasteiger charge is 2.28. The van der Waals surface area contributed by atoms with Gasteiger partial charge in [0.1, 0.15) is 11.5 Å². The molecule has 0 bridgehead atoms. The van der Waals surface area contributed by atoms with Crippen LogP contribution in [0.5, 0.6) is 11.5 Å². The van der Waals surface area contributed by atoms with Gasteiger partial charge in [0.25, 0.3) is 0 Å². The molecule has 2 atom stereocenters. The molecule has 1 aliphatic carbocycles. The number of carboxylic acid groups (broad SMARTS) is 1. The van der Waals surface area contributed by atoms with Crippen LogP contribution in [0, 0.1) is 11.8 Å². The van der Waals surface area contributed by atoms with Crippen LogP contribution in [0.3, 0.4) is 0 Å². The van der Waals surface area contributed by atoms with Gasteiger partial charge in [-0.05, 0) is 85.5 Å². The second-order valence-electron chi connectivity index (χ2n) is 12.5. The average molecular weight is 657 g/mol. The van der Waals surface area contributed by atoms with E-state index in [0.29, 0.717) is 54.4 Å². The number of fused-ring (bicyclic) bond motifs is 1. The molecule has 11 nitrogen and oxygen atoms in total. The van der Waals surface area contributed by atoms with Gasteiger partial charge in [-0.25, -0.2) is 4.79 Å². The van der Waals surface area contributed by atoms with E-state index in [0.717, 1.165) is 43.2 Å². The highest BCUT2D eigenvalue weighted by atomic mass is 16.5. The van der Waals surface area contributed by atoms with Gasteiger partial charge >= 0.3 is 6.09 Å². The number of aromatic nitrogens is 1. The van der Waals surface area contributed by atoms with E-state index in [2.05, 4.69) is 15.6 Å². The molecule has 0 spiro atoms. The minimum Gasteiger partial charge on any atom is -0.506 e. The molecule has 3 aromatic carbocycles. The van der Waals surface area contributed by atoms with Gasteiger partial charge in [0.2, 0.25) is 11.5 Å². The molecule has 1 saturated carbocycles. The van der Waals surface area contributed by atoms with Crippen LogP contribution in [-0.2, 0) is 4.79 Å². The van der Waals surface area contributed by atoms with Gasteiger partial charge in [0.15, 0.2) is 0 Å². The molecule has 254 valence electrons. The summed E-state index contributed by atoms with van der Waals surface area (Å²) in [4.78, 5) is 40.7. The molecule has 2 amide bonds. The van der Waals surface area contributed by atoms with Gasteiger partial charge in [-0.15, -0.1) is 0 Å². The third-order valence-corrected chi connectivity index (χ3v) is 9.10. The number of phenols is 1. The van der Waals surface area contributed by atoms with Crippen molar-refractivity contribution in [3.05, 3.63) is 106 Å². The first-order valence-electron chi connectivity index (χ1n) is 16.5. The normalized spacial score (nSPS) is 17.4. The van der Waals surface area contributed by atoms with Crippen LogP contribution >= 0.6 is 0 Å². The van der Waals surface area contributed by atoms with E-state index in [1.807, 2.05) is 61.6 Å². The Bertz CT molecular complexity index is 1740. The minimum absolute atomic E-state index is 0.00713. The predicted octanol–water partition coefficient (Wildman–Crippen LogP) is 4.95. The van der Waals surface area contributed by atoms with E-state index in [4.69, 9.17) is 4.74 Å². The number of aliphatic hydroxyl groups excluding tert-OH is 1. The molecule has 0 radical (unpaired) electrons. The number of benzene rings is 3. The van der Waals surface area contributed by atoms with Gasteiger partial charge in [0.05, 0.1) is 24.3 Å². The van der Waals surface area contributed by atoms with E-state index in [-0.39, 0.29) is 23.1 Å². The number of nitrogens with zero attached hydrogens (tertiary/aromatic N) is 1. The molecule has 0 unspecified atom stereocenters. The van der Waals surface area contributed by atoms with Gasteiger partial charge in [-0.1, -0.05) is 48.5 Å². The van der Waals surface area contributed by atoms with Crippen molar-refractivity contribution in [3.63, 3.8) is 0 Å². The standard InChI is InChI=1S/C37H44N4O7/c1-41(20-6-19-38-22-32(43)29-15-17-31(42)35-30(29)16-18-33(44)39-35)36(45)26-13-11-24(12-14-26)23-48-28-10-5-9-27(21-28)34(40-37(46)47)25-7-3-2-4-8-25/h2-5,7-10,15-18,21,24,26,32,34,38,40,42-43H,6,11-14,19-20,22-23H2,1H3,(H,39,44)(H,46,47)/t24?,26?,32-,34-/m0/s1. The van der Waals surface area contributed by atoms with E-state index < -0.39 is 18.2 Å². The summed E-state index contributed by atoms with van der Waals surface area (Å²) in [6, 6.07) is 22.5. The maximum atomic E-state index is 13.2. The number of aliphatic hydroxyl groups is 1. The minimum atomic E-state index is -1.10. The van der Waals surface area contributed by atoms with E-state index in [1.54, 1.807) is 17.0 Å². The lowest BCUT2D eigenvalue weighted by Gasteiger charge is -2.30. The van der Waals surface area contributed by atoms with Crippen molar-refractivity contribution in [3.8, 4) is 11.5 Å². The van der Waals surface area contributed by atoms with Crippen molar-refractivity contribution < 1.29 is 29.6 Å². The highest BCUT2D eigenvalue weighted by Crippen LogP contribution is 2.32. The molecule has 1 fully saturated rings. The lowest BCUT2D eigenvalue weighted by molar-refractivity contribution is -0.135. The Morgan fingerprint density at radius 3 is 2.48 bits per heavy atom. The van der Waals surface area contributed by atoms with E-state index in [9.17, 15) is 29.7 Å². The molecule has 0 aliphatic heterocycles. The maximum Gasteiger partial charge on any atom is 0.405 e. The van der Waals surface area contributed by atoms with Crippen molar-refractivity contribution in [2.45, 2.75) is 44.2 Å². The van der Waals surface area contributed by atoms with Gasteiger partial charge < -0.3 is 40.6 Å². The molecule has 1 aromatic heterocycles. The number of rotatable bonds is 14. The first kappa shape index (κ1) is 34.5. The van der Waals surface area contributed by atoms with Crippen LogP contribution in [0.1, 0.15) is 60.9 Å². The third-order valence-electron chi connectivity index (χ3n) is 9.10. The first-order valence-corrected chi connectivity index (χ1v) is 16.5. The summed E-state index contributed by atoms with van der Waals surface area (Å²) in [6.45, 7) is 2.05. The molecule has 1 heterocycles. The van der Waals surface area contributed by atoms with Crippen LogP contribution in [-0.4, -0.2) is 70.5 Å². The number of H-pyrrole nitrogens is 1. The Kier molecular flexibility index (Phi) is 11.7. The Morgan fingerprint density at radius 2 is 1.73 bits per heavy atom. The molecule has 48 heavy (non-hydrogen) atoms. The number of amides is 2. The lowest BCUT2D eigenvalue weighted by Crippen LogP contribution is -2.37. The van der Waals surface area contributed by atoms with Crippen molar-refractivity contribution in [1.29, 1.82) is 0 Å². The summed E-state index contributed by atoms with van der Waals surface area (Å²) < 4.78 is 6.15. The summed E-state index contributed by atoms with van der Waals surface area (Å²) in [7, 11) is 1.84. The van der Waals surface area contributed by atoms with Crippen molar-refractivity contribution in [2.75, 3.05) is 33.3 Å². The molecule has 5 rings (SSSR count). The summed E-state index contributed by atoms with van der Waals surface area (Å²) in [6.07, 6.45) is 2.22. The van der Waals surface area contributed by atoms with Crippen LogP contribution in [0.2, 0.25) is 0 Å². The maximum absolute atomic E-state index is 13.2. The number of aromatic hydroxyl groups is 1. The molecule has 1 aliphatic rings. The van der Waals surface area contributed by atoms with E-state index in [1.165, 1.54) is 12.1 Å². The molecule has 6 N–H and O–H groups in total. The Morgan fingerprint density at radius 1 is 0.979 bits per heavy atom. The smallest absolute Gasteiger partial charge is 0.405 e. The van der Waals surface area contributed by atoms with Crippen molar-refractivity contribution in [2.24, 2.45) is 11.8 Å². The fourth-order valence-corrected chi connectivity index (χ4v) is 6.46. The second-order valence-corrected chi connectivity index (χ2v) is 12.5. The molecular formula is C37H44N4O7. The zero-order valence-corrected chi connectivity index (χ0v) is 27.1. The van der Waals surface area contributed by atoms with Gasteiger partial charge in [0, 0.05) is 37.5 Å². The summed E-state index contributed by atoms with van der Waals surface area (Å²) in [5.74, 6) is 1.13. The number of aromatic amines is 1. The number of phenolic OH excluding ortho intramolecular Hbond substituents is 1. The fraction of sp³-hybridized carbons (Fsp3) is 0.378. The molecular weight excluding hydrogens is 612 g/mol. The SMILES string of the molecule is CN(CCCNC[C@H](O)c1ccc(O)c2[nH]c(=O)ccc12)C(=O)C1CCC(COc2cccc([C@@H](NC(=O)O)c3ccccc3)c2)CC1. The summed E-state index contributed by atoms with van der Waals surface area (Å²) >= 11 is 0. The van der Waals surface area contributed by atoms with Crippen molar-refractivity contribution >= 4 is 22.9 Å². The lowest BCUT2D eigenvalue weighted by atomic mass is 9.81. The number of pyridine rings is 1. The van der Waals surface area contributed by atoms with Crippen LogP contribution in [0.25, 0.3) is 10.9 Å². The Hall–Kier alpha value is -4.87. The zero-order chi connectivity index (χ0) is 34.0. The Balaban J connectivity index is 1.02. The Labute approximate surface area is 279 Å². The molecule has 11 heteroatoms. The average Bonchev–Trinajstić information content (AvgIpc) is 3.10. The zero-order valence-electron chi connectivity index (χ0n) is 27.1. The van der Waals surface area contributed by atoms with Gasteiger partial charge in [-0.2, -0.15) is 0 Å². The van der Waals surface area contributed by atoms with E-state index >= 15 is 0 Å². The highest BCUT2D eigenvalue weighted by molar-refractivity contribution is 5.87. The predicted molar refractivity (Wildman–Crippen MR) is 183 cm³/mol.